The Morgan fingerprint density at radius 3 is 2.53 bits per heavy atom. The molecule has 10 heteroatoms. The Kier molecular flexibility index (Phi) is 6.68. The van der Waals surface area contributed by atoms with Crippen molar-refractivity contribution in [3.8, 4) is 0 Å². The van der Waals surface area contributed by atoms with Gasteiger partial charge < -0.3 is 4.74 Å². The second-order valence-electron chi connectivity index (χ2n) is 6.27. The van der Waals surface area contributed by atoms with Crippen molar-refractivity contribution in [1.82, 2.24) is 9.88 Å². The van der Waals surface area contributed by atoms with Crippen molar-refractivity contribution in [1.29, 1.82) is 0 Å². The molecule has 1 aromatic heterocycles. The third kappa shape index (κ3) is 4.60. The van der Waals surface area contributed by atoms with E-state index < -0.39 is 11.9 Å². The lowest BCUT2D eigenvalue weighted by atomic mass is 10.1. The highest BCUT2D eigenvalue weighted by atomic mass is 32.2. The molecule has 156 valence electrons. The number of esters is 1. The fraction of sp³-hybridized carbons (Fsp3) is 0.250. The molecule has 8 nitrogen and oxygen atoms in total. The van der Waals surface area contributed by atoms with Crippen LogP contribution in [0.4, 0.5) is 9.93 Å². The van der Waals surface area contributed by atoms with Crippen molar-refractivity contribution < 1.29 is 23.9 Å². The lowest BCUT2D eigenvalue weighted by Gasteiger charge is -2.14. The number of methoxy groups -OCH3 is 1. The maximum absolute atomic E-state index is 12.7. The van der Waals surface area contributed by atoms with Crippen molar-refractivity contribution >= 4 is 57.3 Å². The number of amides is 3. The maximum Gasteiger partial charge on any atom is 0.337 e. The van der Waals surface area contributed by atoms with Crippen molar-refractivity contribution in [2.75, 3.05) is 18.6 Å². The number of ether oxygens (including phenoxy) is 1. The minimum Gasteiger partial charge on any atom is -0.465 e. The van der Waals surface area contributed by atoms with Gasteiger partial charge in [0.25, 0.3) is 11.1 Å². The van der Waals surface area contributed by atoms with Crippen LogP contribution in [0.2, 0.25) is 0 Å². The molecule has 0 aliphatic carbocycles. The summed E-state index contributed by atoms with van der Waals surface area (Å²) >= 11 is 2.14. The SMILES string of the molecule is CCN(C(C)=O)c1nc(/C=C2/SC(=O)N(Cc3ccc(C(=O)OC)cc3)C2=O)cs1. The highest BCUT2D eigenvalue weighted by Gasteiger charge is 2.35. The average Bonchev–Trinajstić information content (AvgIpc) is 3.28. The summed E-state index contributed by atoms with van der Waals surface area (Å²) < 4.78 is 4.66. The van der Waals surface area contributed by atoms with Crippen LogP contribution in [-0.2, 0) is 20.9 Å². The number of thioether (sulfide) groups is 1. The van der Waals surface area contributed by atoms with Crippen LogP contribution in [0.25, 0.3) is 6.08 Å². The van der Waals surface area contributed by atoms with Gasteiger partial charge in [-0.2, -0.15) is 0 Å². The molecule has 1 saturated heterocycles. The zero-order valence-corrected chi connectivity index (χ0v) is 18.2. The number of imide groups is 1. The summed E-state index contributed by atoms with van der Waals surface area (Å²) in [5.74, 6) is -0.975. The molecule has 0 N–H and O–H groups in total. The van der Waals surface area contributed by atoms with Crippen molar-refractivity contribution in [3.05, 3.63) is 51.4 Å². The predicted molar refractivity (Wildman–Crippen MR) is 115 cm³/mol. The summed E-state index contributed by atoms with van der Waals surface area (Å²) in [6, 6.07) is 6.52. The smallest absolute Gasteiger partial charge is 0.337 e. The zero-order chi connectivity index (χ0) is 21.8. The monoisotopic (exact) mass is 445 g/mol. The Bertz CT molecular complexity index is 1030. The van der Waals surface area contributed by atoms with Gasteiger partial charge in [-0.1, -0.05) is 12.1 Å². The first kappa shape index (κ1) is 21.7. The Balaban J connectivity index is 1.74. The van der Waals surface area contributed by atoms with Crippen LogP contribution in [0.5, 0.6) is 0 Å². The topological polar surface area (TPSA) is 96.9 Å². The van der Waals surface area contributed by atoms with Gasteiger partial charge >= 0.3 is 5.97 Å². The summed E-state index contributed by atoms with van der Waals surface area (Å²) in [6.07, 6.45) is 1.55. The molecule has 1 fully saturated rings. The fourth-order valence-electron chi connectivity index (χ4n) is 2.78. The van der Waals surface area contributed by atoms with E-state index in [1.165, 1.54) is 30.3 Å². The van der Waals surface area contributed by atoms with Crippen molar-refractivity contribution in [3.63, 3.8) is 0 Å². The third-order valence-electron chi connectivity index (χ3n) is 4.31. The van der Waals surface area contributed by atoms with Crippen LogP contribution in [-0.4, -0.2) is 46.6 Å². The van der Waals surface area contributed by atoms with E-state index in [9.17, 15) is 19.2 Å². The fourth-order valence-corrected chi connectivity index (χ4v) is 4.49. The number of hydrogen-bond acceptors (Lipinski definition) is 8. The Morgan fingerprint density at radius 1 is 1.23 bits per heavy atom. The molecule has 3 rings (SSSR count). The molecule has 0 unspecified atom stereocenters. The van der Waals surface area contributed by atoms with Crippen LogP contribution < -0.4 is 4.90 Å². The van der Waals surface area contributed by atoms with E-state index in [-0.39, 0.29) is 22.6 Å². The molecular weight excluding hydrogens is 426 g/mol. The molecule has 2 heterocycles. The minimum absolute atomic E-state index is 0.0969. The number of carbonyl (C=O) groups excluding carboxylic acids is 4. The van der Waals surface area contributed by atoms with Gasteiger partial charge in [0.1, 0.15) is 0 Å². The highest BCUT2D eigenvalue weighted by Crippen LogP contribution is 2.34. The number of carbonyl (C=O) groups is 4. The molecule has 0 spiro atoms. The number of hydrogen-bond donors (Lipinski definition) is 0. The van der Waals surface area contributed by atoms with Crippen LogP contribution in [0.15, 0.2) is 34.6 Å². The Morgan fingerprint density at radius 2 is 1.93 bits per heavy atom. The van der Waals surface area contributed by atoms with E-state index in [2.05, 4.69) is 9.72 Å². The molecule has 0 atom stereocenters. The highest BCUT2D eigenvalue weighted by molar-refractivity contribution is 8.18. The molecule has 30 heavy (non-hydrogen) atoms. The molecule has 1 aromatic carbocycles. The van der Waals surface area contributed by atoms with Crippen LogP contribution in [0.3, 0.4) is 0 Å². The van der Waals surface area contributed by atoms with Crippen molar-refractivity contribution in [2.45, 2.75) is 20.4 Å². The van der Waals surface area contributed by atoms with Gasteiger partial charge in [-0.25, -0.2) is 9.78 Å². The molecule has 0 bridgehead atoms. The molecule has 0 saturated carbocycles. The van der Waals surface area contributed by atoms with E-state index in [1.807, 2.05) is 6.92 Å². The van der Waals surface area contributed by atoms with Gasteiger partial charge in [0.05, 0.1) is 29.8 Å². The van der Waals surface area contributed by atoms with Gasteiger partial charge in [-0.3, -0.25) is 24.2 Å². The van der Waals surface area contributed by atoms with E-state index in [4.69, 9.17) is 0 Å². The minimum atomic E-state index is -0.454. The van der Waals surface area contributed by atoms with Crippen LogP contribution >= 0.6 is 23.1 Å². The number of nitrogens with zero attached hydrogens (tertiary/aromatic N) is 3. The third-order valence-corrected chi connectivity index (χ3v) is 6.09. The predicted octanol–water partition coefficient (Wildman–Crippen LogP) is 3.54. The lowest BCUT2D eigenvalue weighted by Crippen LogP contribution is -2.27. The number of aromatic nitrogens is 1. The van der Waals surface area contributed by atoms with Gasteiger partial charge in [0, 0.05) is 18.8 Å². The first-order chi connectivity index (χ1) is 14.3. The summed E-state index contributed by atoms with van der Waals surface area (Å²) in [5, 5.41) is 1.90. The number of benzene rings is 1. The molecule has 3 amide bonds. The second-order valence-corrected chi connectivity index (χ2v) is 8.10. The molecule has 1 aliphatic rings. The Hall–Kier alpha value is -2.98. The van der Waals surface area contributed by atoms with Gasteiger partial charge in [0.15, 0.2) is 5.13 Å². The van der Waals surface area contributed by atoms with E-state index >= 15 is 0 Å². The number of rotatable bonds is 6. The lowest BCUT2D eigenvalue weighted by molar-refractivity contribution is -0.123. The first-order valence-corrected chi connectivity index (χ1v) is 10.7. The quantitative estimate of drug-likeness (QED) is 0.496. The standard InChI is InChI=1S/C20H19N3O5S2/c1-4-22(12(2)24)19-21-15(11-29-19)9-16-17(25)23(20(27)30-16)10-13-5-7-14(8-6-13)18(26)28-3/h5-9,11H,4,10H2,1-3H3/b16-9+. The van der Waals surface area contributed by atoms with Gasteiger partial charge in [-0.05, 0) is 42.5 Å². The summed E-state index contributed by atoms with van der Waals surface area (Å²) in [4.78, 5) is 55.5. The van der Waals surface area contributed by atoms with Crippen LogP contribution in [0.1, 0.15) is 35.5 Å². The average molecular weight is 446 g/mol. The van der Waals surface area contributed by atoms with E-state index in [1.54, 1.807) is 35.7 Å². The van der Waals surface area contributed by atoms with E-state index in [0.29, 0.717) is 28.5 Å². The largest absolute Gasteiger partial charge is 0.465 e. The zero-order valence-electron chi connectivity index (χ0n) is 16.6. The first-order valence-electron chi connectivity index (χ1n) is 9.00. The Labute approximate surface area is 181 Å². The summed E-state index contributed by atoms with van der Waals surface area (Å²) in [5.41, 5.74) is 1.62. The summed E-state index contributed by atoms with van der Waals surface area (Å²) in [6.45, 7) is 3.91. The van der Waals surface area contributed by atoms with Crippen molar-refractivity contribution in [2.24, 2.45) is 0 Å². The normalized spacial score (nSPS) is 15.0. The van der Waals surface area contributed by atoms with Gasteiger partial charge in [0.2, 0.25) is 5.91 Å². The van der Waals surface area contributed by atoms with Gasteiger partial charge in [-0.15, -0.1) is 11.3 Å². The second kappa shape index (κ2) is 9.23. The number of anilines is 1. The van der Waals surface area contributed by atoms with Crippen LogP contribution in [0, 0.1) is 0 Å². The van der Waals surface area contributed by atoms with E-state index in [0.717, 1.165) is 16.7 Å². The molecule has 0 radical (unpaired) electrons. The number of thiazole rings is 1. The molecular formula is C20H19N3O5S2. The molecule has 1 aliphatic heterocycles. The maximum atomic E-state index is 12.7. The summed E-state index contributed by atoms with van der Waals surface area (Å²) in [7, 11) is 1.30. The molecule has 2 aromatic rings.